The maximum atomic E-state index is 5.99. The Bertz CT molecular complexity index is 4310. The van der Waals surface area contributed by atoms with E-state index in [0.717, 1.165) is 45.7 Å². The van der Waals surface area contributed by atoms with Gasteiger partial charge in [0.1, 0.15) is 0 Å². The summed E-state index contributed by atoms with van der Waals surface area (Å²) in [6.07, 6.45) is 1.34. The first kappa shape index (κ1) is 36.9. The Hall–Kier alpha value is -8.38. The Kier molecular flexibility index (Phi) is 7.74. The van der Waals surface area contributed by atoms with Gasteiger partial charge >= 0.3 is 0 Å². The summed E-state index contributed by atoms with van der Waals surface area (Å²) in [5.41, 5.74) is 14.8. The molecule has 0 saturated carbocycles. The van der Waals surface area contributed by atoms with E-state index in [1.807, 2.05) is 11.3 Å². The number of aliphatic imine (C=N–C) groups is 2. The van der Waals surface area contributed by atoms with Gasteiger partial charge in [-0.3, -0.25) is 4.57 Å². The van der Waals surface area contributed by atoms with Gasteiger partial charge in [-0.05, 0) is 105 Å². The van der Waals surface area contributed by atoms with E-state index in [4.69, 9.17) is 9.98 Å². The van der Waals surface area contributed by atoms with E-state index in [1.165, 1.54) is 96.6 Å². The maximum absolute atomic E-state index is 5.99. The Morgan fingerprint density at radius 1 is 0.388 bits per heavy atom. The summed E-state index contributed by atoms with van der Waals surface area (Å²) in [5.74, 6) is 0.664. The van der Waals surface area contributed by atoms with Gasteiger partial charge in [0.05, 0.1) is 39.2 Å². The molecule has 5 heteroatoms. The van der Waals surface area contributed by atoms with Gasteiger partial charge in [-0.25, -0.2) is 9.98 Å². The van der Waals surface area contributed by atoms with Crippen LogP contribution in [-0.4, -0.2) is 20.8 Å². The van der Waals surface area contributed by atoms with Crippen LogP contribution in [0.25, 0.3) is 108 Å². The Morgan fingerprint density at radius 3 is 1.73 bits per heavy atom. The van der Waals surface area contributed by atoms with Crippen molar-refractivity contribution >= 4 is 114 Å². The van der Waals surface area contributed by atoms with Crippen molar-refractivity contribution in [3.05, 3.63) is 229 Å². The summed E-state index contributed by atoms with van der Waals surface area (Å²) < 4.78 is 7.37. The fourth-order valence-corrected chi connectivity index (χ4v) is 12.4. The lowest BCUT2D eigenvalue weighted by Crippen LogP contribution is -2.15. The molecule has 0 radical (unpaired) electrons. The molecule has 0 saturated heterocycles. The first-order valence-corrected chi connectivity index (χ1v) is 23.9. The zero-order chi connectivity index (χ0) is 43.7. The average Bonchev–Trinajstić information content (AvgIpc) is 3.97. The lowest BCUT2D eigenvalue weighted by Gasteiger charge is -2.20. The lowest BCUT2D eigenvalue weighted by molar-refractivity contribution is 1.08. The highest BCUT2D eigenvalue weighted by atomic mass is 32.1. The SMILES string of the molecule is c1ccc(-c2ccc(C3=C4CC(=NC(n5c6ccccc6c6ccccc65)=N3)c3c(ccc5sc6cc7ccccc7cc6c35)-n3c5cc(ccc5c5cc6ccccc6cc53)C4)cc2)cc1. The number of aromatic nitrogens is 2. The zero-order valence-electron chi connectivity index (χ0n) is 36.2. The molecule has 13 aromatic rings. The van der Waals surface area contributed by atoms with Gasteiger partial charge in [0.25, 0.3) is 0 Å². The fraction of sp³-hybridized carbons (Fsp3) is 0.0323. The topological polar surface area (TPSA) is 34.6 Å². The first-order valence-electron chi connectivity index (χ1n) is 23.1. The summed E-state index contributed by atoms with van der Waals surface area (Å²) >= 11 is 1.88. The number of allylic oxidation sites excluding steroid dienone is 1. The third-order valence-corrected chi connectivity index (χ3v) is 15.5. The molecular weight excluding hydrogens is 833 g/mol. The highest BCUT2D eigenvalue weighted by Gasteiger charge is 2.29. The molecule has 0 spiro atoms. The number of rotatable bonds is 2. The molecule has 0 atom stereocenters. The van der Waals surface area contributed by atoms with Gasteiger partial charge in [-0.1, -0.05) is 152 Å². The van der Waals surface area contributed by atoms with Gasteiger partial charge in [0.2, 0.25) is 5.96 Å². The van der Waals surface area contributed by atoms with Crippen molar-refractivity contribution < 1.29 is 0 Å². The highest BCUT2D eigenvalue weighted by molar-refractivity contribution is 7.26. The maximum Gasteiger partial charge on any atom is 0.235 e. The largest absolute Gasteiger partial charge is 0.309 e. The number of benzene rings is 10. The van der Waals surface area contributed by atoms with Crippen LogP contribution in [0.5, 0.6) is 0 Å². The standard InChI is InChI=1S/C62H38N4S/c1-2-12-38(13-3-1)39-23-25-40(26-24-39)61-45-30-37-22-27-48-49-32-41-14-4-6-16-43(41)35-56(49)65(55(48)31-37)54-28-29-57-59(50-33-42-15-5-7-17-44(42)36-58(50)67-57)60(54)51(34-45)63-62(64-61)66-52-20-10-8-18-46(52)47-19-9-11-21-53(47)66/h1-29,31-33,35-36H,30,34H2. The molecule has 10 aromatic carbocycles. The molecule has 67 heavy (non-hydrogen) atoms. The third-order valence-electron chi connectivity index (χ3n) is 14.3. The quantitative estimate of drug-likeness (QED) is 0.166. The van der Waals surface area contributed by atoms with E-state index in [2.05, 4.69) is 215 Å². The summed E-state index contributed by atoms with van der Waals surface area (Å²) in [6.45, 7) is 0. The first-order chi connectivity index (χ1) is 33.2. The molecule has 2 aliphatic rings. The van der Waals surface area contributed by atoms with E-state index in [0.29, 0.717) is 12.4 Å². The third kappa shape index (κ3) is 5.52. The molecule has 4 nitrogen and oxygen atoms in total. The van der Waals surface area contributed by atoms with Gasteiger partial charge in [0.15, 0.2) is 0 Å². The second kappa shape index (κ2) is 14.1. The van der Waals surface area contributed by atoms with Crippen molar-refractivity contribution in [3.63, 3.8) is 0 Å². The molecule has 15 rings (SSSR count). The van der Waals surface area contributed by atoms with E-state index in [9.17, 15) is 0 Å². The molecule has 5 heterocycles. The van der Waals surface area contributed by atoms with Crippen LogP contribution in [0.2, 0.25) is 0 Å². The van der Waals surface area contributed by atoms with E-state index >= 15 is 0 Å². The summed E-state index contributed by atoms with van der Waals surface area (Å²) in [6, 6.07) is 76.0. The van der Waals surface area contributed by atoms with E-state index in [1.54, 1.807) is 0 Å². The molecule has 0 N–H and O–H groups in total. The van der Waals surface area contributed by atoms with Crippen LogP contribution in [0.3, 0.4) is 0 Å². The molecule has 0 unspecified atom stereocenters. The predicted molar refractivity (Wildman–Crippen MR) is 285 cm³/mol. The Morgan fingerprint density at radius 2 is 0.985 bits per heavy atom. The van der Waals surface area contributed by atoms with E-state index < -0.39 is 0 Å². The van der Waals surface area contributed by atoms with Crippen molar-refractivity contribution in [2.24, 2.45) is 9.98 Å². The summed E-state index contributed by atoms with van der Waals surface area (Å²) in [4.78, 5) is 11.8. The second-order valence-electron chi connectivity index (χ2n) is 18.1. The number of nitrogens with zero attached hydrogens (tertiary/aromatic N) is 4. The van der Waals surface area contributed by atoms with Crippen LogP contribution in [0.15, 0.2) is 222 Å². The number of hydrogen-bond donors (Lipinski definition) is 0. The van der Waals surface area contributed by atoms with Gasteiger partial charge in [-0.15, -0.1) is 11.3 Å². The number of para-hydroxylation sites is 2. The molecule has 2 aliphatic heterocycles. The van der Waals surface area contributed by atoms with Gasteiger partial charge < -0.3 is 4.57 Å². The number of fused-ring (bicyclic) bond motifs is 18. The van der Waals surface area contributed by atoms with Crippen LogP contribution in [-0.2, 0) is 6.42 Å². The number of hydrogen-bond acceptors (Lipinski definition) is 3. The van der Waals surface area contributed by atoms with Gasteiger partial charge in [0, 0.05) is 59.3 Å². The smallest absolute Gasteiger partial charge is 0.235 e. The second-order valence-corrected chi connectivity index (χ2v) is 19.2. The molecule has 0 amide bonds. The fourth-order valence-electron chi connectivity index (χ4n) is 11.3. The summed E-state index contributed by atoms with van der Waals surface area (Å²) in [7, 11) is 0. The average molecular weight is 871 g/mol. The van der Waals surface area contributed by atoms with Crippen molar-refractivity contribution in [2.45, 2.75) is 12.8 Å². The molecule has 0 aliphatic carbocycles. The minimum atomic E-state index is 0.618. The molecular formula is C62H38N4S. The van der Waals surface area contributed by atoms with E-state index in [-0.39, 0.29) is 0 Å². The van der Waals surface area contributed by atoms with Crippen LogP contribution in [0.4, 0.5) is 0 Å². The molecule has 0 fully saturated rings. The molecule has 4 bridgehead atoms. The highest BCUT2D eigenvalue weighted by Crippen LogP contribution is 2.46. The minimum Gasteiger partial charge on any atom is -0.309 e. The Balaban J connectivity index is 1.11. The Labute approximate surface area is 389 Å². The van der Waals surface area contributed by atoms with Crippen molar-refractivity contribution in [3.8, 4) is 16.8 Å². The normalized spacial score (nSPS) is 14.0. The van der Waals surface area contributed by atoms with Crippen molar-refractivity contribution in [2.75, 3.05) is 0 Å². The monoisotopic (exact) mass is 870 g/mol. The van der Waals surface area contributed by atoms with Crippen LogP contribution in [0.1, 0.15) is 23.1 Å². The van der Waals surface area contributed by atoms with Crippen LogP contribution in [0, 0.1) is 0 Å². The summed E-state index contributed by atoms with van der Waals surface area (Å²) in [5, 5.41) is 12.3. The number of thiophene rings is 1. The van der Waals surface area contributed by atoms with Crippen LogP contribution >= 0.6 is 11.3 Å². The van der Waals surface area contributed by atoms with Gasteiger partial charge in [-0.2, -0.15) is 0 Å². The molecule has 312 valence electrons. The lowest BCUT2D eigenvalue weighted by atomic mass is 9.89. The van der Waals surface area contributed by atoms with Crippen LogP contribution < -0.4 is 0 Å². The predicted octanol–water partition coefficient (Wildman–Crippen LogP) is 16.3. The zero-order valence-corrected chi connectivity index (χ0v) is 37.1. The van der Waals surface area contributed by atoms with Crippen molar-refractivity contribution in [1.82, 2.24) is 9.13 Å². The molecule has 3 aromatic heterocycles. The van der Waals surface area contributed by atoms with Crippen molar-refractivity contribution in [1.29, 1.82) is 0 Å². The minimum absolute atomic E-state index is 0.618.